The fourth-order valence-electron chi connectivity index (χ4n) is 10.6. The van der Waals surface area contributed by atoms with Gasteiger partial charge in [0.15, 0.2) is 0 Å². The summed E-state index contributed by atoms with van der Waals surface area (Å²) in [6.07, 6.45) is 5.07. The molecule has 439 valence electrons. The molecule has 2 aromatic heterocycles. The zero-order chi connectivity index (χ0) is 57.7. The van der Waals surface area contributed by atoms with Crippen LogP contribution in [0.5, 0.6) is 0 Å². The molecular weight excluding hydrogens is 1610 g/mol. The Bertz CT molecular complexity index is 4160. The number of anilines is 12. The normalized spacial score (nSPS) is 12.6. The van der Waals surface area contributed by atoms with E-state index >= 15 is 0 Å². The van der Waals surface area contributed by atoms with E-state index in [1.165, 1.54) is 39.2 Å². The molecule has 11 aromatic rings. The number of hydrogen-bond donors (Lipinski definition) is 0. The van der Waals surface area contributed by atoms with Gasteiger partial charge in [0.05, 0.1) is 6.57 Å². The topological polar surface area (TPSA) is 62.5 Å². The number of benzene rings is 9. The standard InChI is InChI=1S/C27H22N2.C24H22N4.C23H16N4.3Ir/c1-20-10-6-8-14-24(20)22-16-17-26-27(18-22)28(23-12-4-3-5-13-23)19-29(26)25-15-9-7-11-21(25)2;1-17-8-6-7-9-21(17)28-16-27(23-22(28)14-19(25-5)15-26-23)20-12-10-18(11-13-20)24(2,3)4;1-3-9-18(10-4-1)20-13-7-8-14-21(20)27-17-26(19-11-5-2-6-12-19)22-23(27)25-16-15-24-22;;;/h3-12,14-19H,1-2H3;6-12,14-16H,1-4H3;1-11,13-17H;;;/q3*-2;;;. The summed E-state index contributed by atoms with van der Waals surface area (Å²) in [7, 11) is 0. The van der Waals surface area contributed by atoms with Crippen LogP contribution in [0.15, 0.2) is 237 Å². The van der Waals surface area contributed by atoms with Crippen LogP contribution in [0.4, 0.5) is 74.3 Å². The van der Waals surface area contributed by atoms with Crippen molar-refractivity contribution in [3.05, 3.63) is 309 Å². The molecule has 3 aliphatic rings. The molecule has 0 spiro atoms. The van der Waals surface area contributed by atoms with Gasteiger partial charge in [-0.05, 0) is 90.6 Å². The monoisotopic (exact) mass is 1670 g/mol. The van der Waals surface area contributed by atoms with E-state index in [0.717, 1.165) is 74.0 Å². The summed E-state index contributed by atoms with van der Waals surface area (Å²) in [5.74, 6) is 2.40. The van der Waals surface area contributed by atoms with Crippen LogP contribution in [0.25, 0.3) is 27.1 Å². The van der Waals surface area contributed by atoms with Gasteiger partial charge in [-0.3, -0.25) is 4.98 Å². The maximum Gasteiger partial charge on any atom is 0.207 e. The Hall–Kier alpha value is -8.55. The van der Waals surface area contributed by atoms with E-state index in [0.29, 0.717) is 5.69 Å². The van der Waals surface area contributed by atoms with Gasteiger partial charge in [0.25, 0.3) is 0 Å². The smallest absolute Gasteiger partial charge is 0.207 e. The van der Waals surface area contributed by atoms with Gasteiger partial charge in [0.2, 0.25) is 5.69 Å². The molecule has 13 heteroatoms. The minimum atomic E-state index is 0. The minimum absolute atomic E-state index is 0. The van der Waals surface area contributed by atoms with Gasteiger partial charge in [-0.1, -0.05) is 141 Å². The average Bonchev–Trinajstić information content (AvgIpc) is 1.98. The Balaban J connectivity index is 0.000000153. The molecule has 0 aliphatic carbocycles. The Labute approximate surface area is 552 Å². The first-order chi connectivity index (χ1) is 41.0. The summed E-state index contributed by atoms with van der Waals surface area (Å²) in [4.78, 5) is 30.0. The maximum absolute atomic E-state index is 7.35. The largest absolute Gasteiger partial charge is 0.493 e. The van der Waals surface area contributed by atoms with Gasteiger partial charge in [-0.2, -0.15) is 84.4 Å². The van der Waals surface area contributed by atoms with Crippen molar-refractivity contribution in [2.75, 3.05) is 29.4 Å². The predicted octanol–water partition coefficient (Wildman–Crippen LogP) is 19.0. The van der Waals surface area contributed by atoms with Crippen LogP contribution >= 0.6 is 0 Å². The van der Waals surface area contributed by atoms with E-state index in [4.69, 9.17) is 6.57 Å². The zero-order valence-electron chi connectivity index (χ0n) is 48.7. The minimum Gasteiger partial charge on any atom is -0.493 e. The molecule has 0 bridgehead atoms. The van der Waals surface area contributed by atoms with Crippen molar-refractivity contribution in [1.82, 2.24) is 15.0 Å². The summed E-state index contributed by atoms with van der Waals surface area (Å²) in [6.45, 7) is 26.6. The molecular formula is C74H60Ir3N10-6. The zero-order valence-corrected chi connectivity index (χ0v) is 55.9. The first-order valence-corrected chi connectivity index (χ1v) is 27.9. The van der Waals surface area contributed by atoms with Gasteiger partial charge in [0, 0.05) is 119 Å². The van der Waals surface area contributed by atoms with Crippen molar-refractivity contribution in [1.29, 1.82) is 0 Å². The van der Waals surface area contributed by atoms with Crippen LogP contribution in [0.1, 0.15) is 43.0 Å². The van der Waals surface area contributed by atoms with Crippen LogP contribution in [0, 0.1) is 65.5 Å². The van der Waals surface area contributed by atoms with Crippen LogP contribution in [-0.4, -0.2) is 15.0 Å². The fraction of sp³-hybridized carbons (Fsp3) is 0.0946. The number of hydrogen-bond acceptors (Lipinski definition) is 9. The van der Waals surface area contributed by atoms with Gasteiger partial charge in [-0.15, -0.1) is 43.1 Å². The number of aromatic nitrogens is 3. The van der Waals surface area contributed by atoms with Gasteiger partial charge < -0.3 is 29.4 Å². The molecule has 14 rings (SSSR count). The molecule has 0 fully saturated rings. The molecule has 87 heavy (non-hydrogen) atoms. The number of para-hydroxylation sites is 5. The molecule has 0 amide bonds. The van der Waals surface area contributed by atoms with Crippen LogP contribution < -0.4 is 29.4 Å². The van der Waals surface area contributed by atoms with Crippen molar-refractivity contribution >= 4 is 74.3 Å². The Morgan fingerprint density at radius 2 is 0.920 bits per heavy atom. The quantitative estimate of drug-likeness (QED) is 0.138. The number of pyridine rings is 1. The average molecular weight is 1670 g/mol. The predicted molar refractivity (Wildman–Crippen MR) is 344 cm³/mol. The summed E-state index contributed by atoms with van der Waals surface area (Å²) in [6, 6.07) is 84.9. The van der Waals surface area contributed by atoms with E-state index in [2.05, 4.69) is 251 Å². The molecule has 3 radical (unpaired) electrons. The Morgan fingerprint density at radius 1 is 0.402 bits per heavy atom. The van der Waals surface area contributed by atoms with Crippen molar-refractivity contribution in [2.45, 2.75) is 47.0 Å². The molecule has 10 nitrogen and oxygen atoms in total. The number of fused-ring (bicyclic) bond motifs is 3. The number of aryl methyl sites for hydroxylation is 3. The summed E-state index contributed by atoms with van der Waals surface area (Å²) >= 11 is 0. The van der Waals surface area contributed by atoms with E-state index in [-0.39, 0.29) is 65.7 Å². The molecule has 0 saturated carbocycles. The first kappa shape index (κ1) is 63.0. The molecule has 0 N–H and O–H groups in total. The third kappa shape index (κ3) is 13.2. The Morgan fingerprint density at radius 3 is 1.51 bits per heavy atom. The second-order valence-electron chi connectivity index (χ2n) is 21.6. The molecule has 5 heterocycles. The van der Waals surface area contributed by atoms with Gasteiger partial charge in [-0.25, -0.2) is 14.8 Å². The van der Waals surface area contributed by atoms with Crippen LogP contribution in [0.2, 0.25) is 0 Å². The second-order valence-corrected chi connectivity index (χ2v) is 21.6. The number of rotatable bonds is 8. The SMILES string of the molecule is Cc1ccccc1-c1ccc2c(c1)N(c1[c-]cccc1)[CH-]N2c1ccccc1C.[C-]#[N+]c1cnc2c(c1)N(c1ccccc1C)[CH-]N2c1[c-]cc(C(C)(C)C)cc1.[Ir].[Ir].[Ir].[c-]1ccccc1N1[CH-]N(c2ccccc2-c2ccccc2)c2nccnc21. The fourth-order valence-corrected chi connectivity index (χ4v) is 10.6. The molecule has 0 saturated heterocycles. The molecule has 9 aromatic carbocycles. The van der Waals surface area contributed by atoms with Gasteiger partial charge >= 0.3 is 0 Å². The van der Waals surface area contributed by atoms with Crippen molar-refractivity contribution in [2.24, 2.45) is 0 Å². The van der Waals surface area contributed by atoms with E-state index in [1.54, 1.807) is 18.6 Å². The third-order valence-corrected chi connectivity index (χ3v) is 15.0. The van der Waals surface area contributed by atoms with Crippen molar-refractivity contribution in [3.8, 4) is 22.3 Å². The number of nitrogens with zero attached hydrogens (tertiary/aromatic N) is 10. The first-order valence-electron chi connectivity index (χ1n) is 27.9. The molecule has 3 aliphatic heterocycles. The van der Waals surface area contributed by atoms with E-state index in [1.807, 2.05) is 95.9 Å². The maximum atomic E-state index is 7.35. The van der Waals surface area contributed by atoms with E-state index in [9.17, 15) is 0 Å². The van der Waals surface area contributed by atoms with Gasteiger partial charge in [0.1, 0.15) is 17.5 Å². The summed E-state index contributed by atoms with van der Waals surface area (Å²) < 4.78 is 0. The Kier molecular flexibility index (Phi) is 20.2. The summed E-state index contributed by atoms with van der Waals surface area (Å²) in [5, 5.41) is 0. The third-order valence-electron chi connectivity index (χ3n) is 15.0. The van der Waals surface area contributed by atoms with Crippen LogP contribution in [-0.2, 0) is 65.7 Å². The molecule has 0 unspecified atom stereocenters. The molecule has 0 atom stereocenters. The van der Waals surface area contributed by atoms with Crippen molar-refractivity contribution < 1.29 is 60.3 Å². The van der Waals surface area contributed by atoms with Crippen LogP contribution in [0.3, 0.4) is 0 Å². The summed E-state index contributed by atoms with van der Waals surface area (Å²) in [5.41, 5.74) is 19.8. The van der Waals surface area contributed by atoms with Crippen molar-refractivity contribution in [3.63, 3.8) is 0 Å². The van der Waals surface area contributed by atoms with E-state index < -0.39 is 0 Å². The second kappa shape index (κ2) is 27.9.